The maximum atomic E-state index is 13.0. The minimum Gasteiger partial charge on any atom is -0.485 e. The van der Waals surface area contributed by atoms with Crippen molar-refractivity contribution in [3.63, 3.8) is 0 Å². The number of nitrogens with zero attached hydrogens (tertiary/aromatic N) is 4. The molecule has 1 aromatic carbocycles. The van der Waals surface area contributed by atoms with E-state index in [0.717, 1.165) is 42.6 Å². The second-order valence-corrected chi connectivity index (χ2v) is 8.59. The van der Waals surface area contributed by atoms with Crippen LogP contribution in [0.25, 0.3) is 10.8 Å². The van der Waals surface area contributed by atoms with Crippen molar-refractivity contribution in [1.82, 2.24) is 19.9 Å². The summed E-state index contributed by atoms with van der Waals surface area (Å²) < 4.78 is 11.3. The maximum absolute atomic E-state index is 13.0. The van der Waals surface area contributed by atoms with Crippen molar-refractivity contribution in [1.29, 1.82) is 0 Å². The van der Waals surface area contributed by atoms with Crippen LogP contribution in [0.3, 0.4) is 0 Å². The SMILES string of the molecule is O=C(c1cc(COc2cccc3cnccc23)on1)N1CCCC(CN2CCCC2)C1. The standard InChI is InChI=1S/C24H28N4O3/c29-24(28-12-4-5-18(16-28)15-27-10-1-2-11-27)22-13-20(31-26-22)17-30-23-7-3-6-19-14-25-9-8-21(19)23/h3,6-9,13-14,18H,1-2,4-5,10-12,15-17H2. The van der Waals surface area contributed by atoms with Gasteiger partial charge in [-0.2, -0.15) is 0 Å². The molecule has 2 saturated heterocycles. The number of hydrogen-bond donors (Lipinski definition) is 0. The molecule has 0 N–H and O–H groups in total. The molecule has 162 valence electrons. The third-order valence-corrected chi connectivity index (χ3v) is 6.31. The minimum absolute atomic E-state index is 0.0441. The lowest BCUT2D eigenvalue weighted by molar-refractivity contribution is 0.0637. The summed E-state index contributed by atoms with van der Waals surface area (Å²) in [5.41, 5.74) is 0.363. The van der Waals surface area contributed by atoms with E-state index in [0.29, 0.717) is 17.4 Å². The van der Waals surface area contributed by atoms with Crippen molar-refractivity contribution in [3.05, 3.63) is 54.2 Å². The van der Waals surface area contributed by atoms with Crippen LogP contribution in [0.2, 0.25) is 0 Å². The molecule has 2 aliphatic heterocycles. The normalized spacial score (nSPS) is 19.7. The number of ether oxygens (including phenoxy) is 1. The second-order valence-electron chi connectivity index (χ2n) is 8.59. The van der Waals surface area contributed by atoms with Crippen LogP contribution in [0.4, 0.5) is 0 Å². The number of carbonyl (C=O) groups is 1. The fraction of sp³-hybridized carbons (Fsp3) is 0.458. The van der Waals surface area contributed by atoms with Crippen LogP contribution in [0, 0.1) is 5.92 Å². The summed E-state index contributed by atoms with van der Waals surface area (Å²) in [6, 6.07) is 9.48. The van der Waals surface area contributed by atoms with E-state index in [9.17, 15) is 4.79 Å². The van der Waals surface area contributed by atoms with E-state index >= 15 is 0 Å². The lowest BCUT2D eigenvalue weighted by Crippen LogP contribution is -2.43. The van der Waals surface area contributed by atoms with E-state index in [4.69, 9.17) is 9.26 Å². The first-order valence-electron chi connectivity index (χ1n) is 11.2. The quantitative estimate of drug-likeness (QED) is 0.605. The first-order valence-corrected chi connectivity index (χ1v) is 11.2. The summed E-state index contributed by atoms with van der Waals surface area (Å²) in [5, 5.41) is 6.03. The van der Waals surface area contributed by atoms with Crippen LogP contribution in [-0.4, -0.2) is 58.6 Å². The van der Waals surface area contributed by atoms with Gasteiger partial charge in [-0.25, -0.2) is 0 Å². The van der Waals surface area contributed by atoms with Crippen LogP contribution in [0.15, 0.2) is 47.2 Å². The van der Waals surface area contributed by atoms with Crippen molar-refractivity contribution in [2.75, 3.05) is 32.7 Å². The van der Waals surface area contributed by atoms with Gasteiger partial charge in [0.15, 0.2) is 11.5 Å². The average Bonchev–Trinajstić information content (AvgIpc) is 3.50. The summed E-state index contributed by atoms with van der Waals surface area (Å²) in [6.45, 7) is 5.31. The van der Waals surface area contributed by atoms with Crippen molar-refractivity contribution in [2.24, 2.45) is 5.92 Å². The fourth-order valence-corrected chi connectivity index (χ4v) is 4.74. The highest BCUT2D eigenvalue weighted by atomic mass is 16.5. The molecule has 7 nitrogen and oxygen atoms in total. The molecule has 0 saturated carbocycles. The van der Waals surface area contributed by atoms with Crippen LogP contribution < -0.4 is 4.74 Å². The number of benzene rings is 1. The third kappa shape index (κ3) is 4.56. The lowest BCUT2D eigenvalue weighted by Gasteiger charge is -2.34. The third-order valence-electron chi connectivity index (χ3n) is 6.31. The van der Waals surface area contributed by atoms with Crippen molar-refractivity contribution in [3.8, 4) is 5.75 Å². The molecule has 0 bridgehead atoms. The van der Waals surface area contributed by atoms with E-state index < -0.39 is 0 Å². The average molecular weight is 421 g/mol. The predicted molar refractivity (Wildman–Crippen MR) is 117 cm³/mol. The van der Waals surface area contributed by atoms with Crippen LogP contribution >= 0.6 is 0 Å². The Hall–Kier alpha value is -2.93. The number of amides is 1. The Morgan fingerprint density at radius 3 is 2.97 bits per heavy atom. The molecule has 1 atom stereocenters. The van der Waals surface area contributed by atoms with E-state index in [1.54, 1.807) is 12.3 Å². The monoisotopic (exact) mass is 420 g/mol. The maximum Gasteiger partial charge on any atom is 0.276 e. The Balaban J connectivity index is 1.20. The van der Waals surface area contributed by atoms with E-state index in [1.807, 2.05) is 35.4 Å². The largest absolute Gasteiger partial charge is 0.485 e. The van der Waals surface area contributed by atoms with Gasteiger partial charge < -0.3 is 19.1 Å². The molecule has 0 spiro atoms. The number of aromatic nitrogens is 2. The molecule has 2 aromatic heterocycles. The van der Waals surface area contributed by atoms with E-state index in [2.05, 4.69) is 15.0 Å². The Morgan fingerprint density at radius 2 is 2.06 bits per heavy atom. The highest BCUT2D eigenvalue weighted by Gasteiger charge is 2.28. The molecule has 3 aromatic rings. The highest BCUT2D eigenvalue weighted by Crippen LogP contribution is 2.26. The minimum atomic E-state index is -0.0441. The number of carbonyl (C=O) groups excluding carboxylic acids is 1. The van der Waals surface area contributed by atoms with Gasteiger partial charge in [-0.05, 0) is 56.8 Å². The van der Waals surface area contributed by atoms with Gasteiger partial charge in [0.2, 0.25) is 0 Å². The Morgan fingerprint density at radius 1 is 1.16 bits per heavy atom. The molecule has 5 rings (SSSR count). The predicted octanol–water partition coefficient (Wildman–Crippen LogP) is 3.75. The summed E-state index contributed by atoms with van der Waals surface area (Å²) in [6.07, 6.45) is 8.40. The molecule has 0 radical (unpaired) electrons. The first-order chi connectivity index (χ1) is 15.3. The topological polar surface area (TPSA) is 71.7 Å². The van der Waals surface area contributed by atoms with Gasteiger partial charge in [-0.3, -0.25) is 9.78 Å². The first kappa shape index (κ1) is 20.0. The molecule has 2 fully saturated rings. The van der Waals surface area contributed by atoms with Gasteiger partial charge in [0.25, 0.3) is 5.91 Å². The summed E-state index contributed by atoms with van der Waals surface area (Å²) in [7, 11) is 0. The number of rotatable bonds is 6. The smallest absolute Gasteiger partial charge is 0.276 e. The Labute approximate surface area is 182 Å². The molecular formula is C24H28N4O3. The number of likely N-dealkylation sites (tertiary alicyclic amines) is 2. The molecule has 1 amide bonds. The molecular weight excluding hydrogens is 392 g/mol. The van der Waals surface area contributed by atoms with Gasteiger partial charge in [0.05, 0.1) is 0 Å². The van der Waals surface area contributed by atoms with E-state index in [1.165, 1.54) is 32.4 Å². The zero-order chi connectivity index (χ0) is 21.0. The van der Waals surface area contributed by atoms with Gasteiger partial charge in [-0.15, -0.1) is 0 Å². The Kier molecular flexibility index (Phi) is 5.84. The van der Waals surface area contributed by atoms with Gasteiger partial charge in [-0.1, -0.05) is 17.3 Å². The van der Waals surface area contributed by atoms with Crippen LogP contribution in [0.1, 0.15) is 41.9 Å². The van der Waals surface area contributed by atoms with Gasteiger partial charge >= 0.3 is 0 Å². The zero-order valence-electron chi connectivity index (χ0n) is 17.7. The molecule has 31 heavy (non-hydrogen) atoms. The highest BCUT2D eigenvalue weighted by molar-refractivity contribution is 5.92. The van der Waals surface area contributed by atoms with Gasteiger partial charge in [0.1, 0.15) is 12.4 Å². The van der Waals surface area contributed by atoms with E-state index in [-0.39, 0.29) is 12.5 Å². The van der Waals surface area contributed by atoms with Crippen molar-refractivity contribution < 1.29 is 14.1 Å². The van der Waals surface area contributed by atoms with Crippen LogP contribution in [-0.2, 0) is 6.61 Å². The number of pyridine rings is 1. The molecule has 7 heteroatoms. The Bertz CT molecular complexity index is 1040. The summed E-state index contributed by atoms with van der Waals surface area (Å²) in [5.74, 6) is 1.80. The molecule has 1 unspecified atom stereocenters. The molecule has 0 aliphatic carbocycles. The number of piperidine rings is 1. The fourth-order valence-electron chi connectivity index (χ4n) is 4.74. The summed E-state index contributed by atoms with van der Waals surface area (Å²) >= 11 is 0. The summed E-state index contributed by atoms with van der Waals surface area (Å²) in [4.78, 5) is 21.6. The van der Waals surface area contributed by atoms with Crippen LogP contribution in [0.5, 0.6) is 5.75 Å². The zero-order valence-corrected chi connectivity index (χ0v) is 17.7. The second kappa shape index (κ2) is 9.06. The molecule has 4 heterocycles. The van der Waals surface area contributed by atoms with Gasteiger partial charge in [0, 0.05) is 48.9 Å². The number of fused-ring (bicyclic) bond motifs is 1. The number of hydrogen-bond acceptors (Lipinski definition) is 6. The molecule has 2 aliphatic rings. The van der Waals surface area contributed by atoms with Crippen molar-refractivity contribution >= 4 is 16.7 Å². The lowest BCUT2D eigenvalue weighted by atomic mass is 9.97. The van der Waals surface area contributed by atoms with Crippen molar-refractivity contribution in [2.45, 2.75) is 32.3 Å².